The summed E-state index contributed by atoms with van der Waals surface area (Å²) in [4.78, 5) is 3.10. The van der Waals surface area contributed by atoms with Gasteiger partial charge in [0, 0.05) is 17.1 Å². The fourth-order valence-electron chi connectivity index (χ4n) is 2.31. The number of halogens is 1. The van der Waals surface area contributed by atoms with Crippen molar-refractivity contribution in [2.75, 3.05) is 6.61 Å². The van der Waals surface area contributed by atoms with Crippen LogP contribution in [0.25, 0.3) is 6.08 Å². The van der Waals surface area contributed by atoms with Crippen LogP contribution >= 0.6 is 0 Å². The molecule has 2 nitrogen and oxygen atoms in total. The third kappa shape index (κ3) is 1.56. The van der Waals surface area contributed by atoms with Crippen molar-refractivity contribution in [2.24, 2.45) is 0 Å². The summed E-state index contributed by atoms with van der Waals surface area (Å²) in [6, 6.07) is 8.23. The first-order chi connectivity index (χ1) is 7.40. The number of hydrogen-bond acceptors (Lipinski definition) is 1. The smallest absolute Gasteiger partial charge is 0.174 e. The molecular weight excluding hydrogens is 266 g/mol. The van der Waals surface area contributed by atoms with Gasteiger partial charge in [-0.15, -0.1) is 0 Å². The minimum atomic E-state index is 0. The third-order valence-corrected chi connectivity index (χ3v) is 3.05. The number of benzene rings is 1. The van der Waals surface area contributed by atoms with Crippen LogP contribution in [0, 0.1) is 0 Å². The fraction of sp³-hybridized carbons (Fsp3) is 0.154. The second-order valence-corrected chi connectivity index (χ2v) is 3.87. The lowest BCUT2D eigenvalue weighted by Gasteiger charge is -2.21. The molecule has 0 saturated heterocycles. The Hall–Kier alpha value is -1.19. The van der Waals surface area contributed by atoms with Gasteiger partial charge >= 0.3 is 0 Å². The number of hydrogen-bond donors (Lipinski definition) is 2. The Morgan fingerprint density at radius 1 is 1.25 bits per heavy atom. The summed E-state index contributed by atoms with van der Waals surface area (Å²) in [5, 5.41) is 9.48. The molecule has 1 heterocycles. The van der Waals surface area contributed by atoms with Crippen LogP contribution in [0.3, 0.4) is 0 Å². The number of fused-ring (bicyclic) bond motifs is 2. The van der Waals surface area contributed by atoms with Crippen molar-refractivity contribution >= 4 is 12.3 Å². The normalized spacial score (nSPS) is 20.4. The molecule has 0 bridgehead atoms. The predicted molar refractivity (Wildman–Crippen MR) is 59.4 cm³/mol. The van der Waals surface area contributed by atoms with Gasteiger partial charge in [0.15, 0.2) is 12.4 Å². The van der Waals surface area contributed by atoms with E-state index in [0.717, 1.165) is 0 Å². The largest absolute Gasteiger partial charge is 1.00 e. The Labute approximate surface area is 105 Å². The van der Waals surface area contributed by atoms with Gasteiger partial charge < -0.3 is 22.1 Å². The van der Waals surface area contributed by atoms with Crippen LogP contribution in [-0.4, -0.2) is 17.9 Å². The lowest BCUT2D eigenvalue weighted by atomic mass is 9.81. The number of aliphatic hydroxyl groups excluding tert-OH is 1. The molecule has 0 radical (unpaired) electrons. The summed E-state index contributed by atoms with van der Waals surface area (Å²) in [5.41, 5.74) is 4.81. The topological polar surface area (TPSA) is 34.2 Å². The summed E-state index contributed by atoms with van der Waals surface area (Å²) in [7, 11) is 0. The average Bonchev–Trinajstić information content (AvgIpc) is 2.73. The first kappa shape index (κ1) is 11.3. The molecule has 1 atom stereocenters. The Bertz CT molecular complexity index is 502. The Kier molecular flexibility index (Phi) is 3.08. The van der Waals surface area contributed by atoms with Gasteiger partial charge in [-0.25, -0.2) is 4.99 Å². The van der Waals surface area contributed by atoms with E-state index >= 15 is 0 Å². The molecule has 82 valence electrons. The van der Waals surface area contributed by atoms with Crippen molar-refractivity contribution in [1.29, 1.82) is 0 Å². The second kappa shape index (κ2) is 4.36. The van der Waals surface area contributed by atoms with Crippen LogP contribution in [0.4, 0.5) is 0 Å². The van der Waals surface area contributed by atoms with E-state index in [1.54, 1.807) is 0 Å². The van der Waals surface area contributed by atoms with E-state index in [4.69, 9.17) is 0 Å². The average molecular weight is 278 g/mol. The molecular formula is C13H12BrNO. The highest BCUT2D eigenvalue weighted by molar-refractivity contribution is 5.92. The maximum atomic E-state index is 9.48. The maximum Gasteiger partial charge on any atom is 0.174 e. The summed E-state index contributed by atoms with van der Waals surface area (Å²) in [6.45, 7) is 0.162. The number of nitrogens with one attached hydrogen (secondary N) is 1. The molecule has 3 rings (SSSR count). The Balaban J connectivity index is 0.000000963. The Morgan fingerprint density at radius 3 is 2.88 bits per heavy atom. The van der Waals surface area contributed by atoms with Gasteiger partial charge in [0.1, 0.15) is 0 Å². The number of allylic oxidation sites excluding steroid dienone is 1. The van der Waals surface area contributed by atoms with Crippen LogP contribution in [0.1, 0.15) is 17.0 Å². The quantitative estimate of drug-likeness (QED) is 0.572. The third-order valence-electron chi connectivity index (χ3n) is 3.05. The van der Waals surface area contributed by atoms with E-state index in [-0.39, 0.29) is 29.5 Å². The first-order valence-electron chi connectivity index (χ1n) is 5.11. The lowest BCUT2D eigenvalue weighted by Crippen LogP contribution is -3.00. The SMILES string of the molecule is OCC1C2=C[NH+]=CC2=Cc2ccccc21.[Br-]. The Morgan fingerprint density at radius 2 is 2.06 bits per heavy atom. The fourth-order valence-corrected chi connectivity index (χ4v) is 2.31. The summed E-state index contributed by atoms with van der Waals surface area (Å²) in [5.74, 6) is 0.118. The molecule has 2 aliphatic rings. The van der Waals surface area contributed by atoms with Gasteiger partial charge in [0.2, 0.25) is 0 Å². The van der Waals surface area contributed by atoms with Gasteiger partial charge in [-0.1, -0.05) is 24.3 Å². The molecule has 16 heavy (non-hydrogen) atoms. The minimum absolute atomic E-state index is 0. The highest BCUT2D eigenvalue weighted by Crippen LogP contribution is 2.36. The van der Waals surface area contributed by atoms with Crippen LogP contribution in [0.15, 0.2) is 41.6 Å². The minimum Gasteiger partial charge on any atom is -1.00 e. The first-order valence-corrected chi connectivity index (χ1v) is 5.11. The molecule has 1 aromatic carbocycles. The van der Waals surface area contributed by atoms with E-state index in [2.05, 4.69) is 23.2 Å². The molecule has 3 heteroatoms. The van der Waals surface area contributed by atoms with Crippen LogP contribution in [0.5, 0.6) is 0 Å². The lowest BCUT2D eigenvalue weighted by molar-refractivity contribution is -0.363. The van der Waals surface area contributed by atoms with Crippen molar-refractivity contribution in [2.45, 2.75) is 5.92 Å². The molecule has 0 saturated carbocycles. The molecule has 0 fully saturated rings. The molecule has 1 unspecified atom stereocenters. The van der Waals surface area contributed by atoms with Gasteiger partial charge in [0.05, 0.1) is 6.61 Å². The summed E-state index contributed by atoms with van der Waals surface area (Å²) < 4.78 is 0. The van der Waals surface area contributed by atoms with Crippen molar-refractivity contribution in [3.05, 3.63) is 52.7 Å². The van der Waals surface area contributed by atoms with Gasteiger partial charge in [-0.05, 0) is 17.2 Å². The van der Waals surface area contributed by atoms with Crippen molar-refractivity contribution in [3.63, 3.8) is 0 Å². The standard InChI is InChI=1S/C13H11NO.BrH/c15-8-13-11-4-2-1-3-9(11)5-10-6-14-7-12(10)13;/h1-7,13,15H,8H2;1H. The zero-order valence-electron chi connectivity index (χ0n) is 8.65. The maximum absolute atomic E-state index is 9.48. The van der Waals surface area contributed by atoms with E-state index in [1.165, 1.54) is 22.3 Å². The number of rotatable bonds is 1. The van der Waals surface area contributed by atoms with E-state index < -0.39 is 0 Å². The van der Waals surface area contributed by atoms with Crippen LogP contribution in [-0.2, 0) is 0 Å². The highest BCUT2D eigenvalue weighted by Gasteiger charge is 2.29. The van der Waals surface area contributed by atoms with Crippen LogP contribution < -0.4 is 22.0 Å². The molecule has 1 aliphatic heterocycles. The predicted octanol–water partition coefficient (Wildman–Crippen LogP) is -2.79. The molecule has 1 aliphatic carbocycles. The molecule has 2 N–H and O–H groups in total. The number of aliphatic hydroxyl groups is 1. The van der Waals surface area contributed by atoms with Crippen molar-refractivity contribution in [3.8, 4) is 0 Å². The van der Waals surface area contributed by atoms with Gasteiger partial charge in [-0.3, -0.25) is 0 Å². The zero-order chi connectivity index (χ0) is 10.3. The molecule has 0 aromatic heterocycles. The summed E-state index contributed by atoms with van der Waals surface area (Å²) in [6.07, 6.45) is 6.12. The second-order valence-electron chi connectivity index (χ2n) is 3.87. The van der Waals surface area contributed by atoms with Gasteiger partial charge in [-0.2, -0.15) is 0 Å². The van der Waals surface area contributed by atoms with Crippen LogP contribution in [0.2, 0.25) is 0 Å². The summed E-state index contributed by atoms with van der Waals surface area (Å²) >= 11 is 0. The van der Waals surface area contributed by atoms with Gasteiger partial charge in [0.25, 0.3) is 0 Å². The van der Waals surface area contributed by atoms with Crippen molar-refractivity contribution in [1.82, 2.24) is 0 Å². The monoisotopic (exact) mass is 277 g/mol. The molecule has 0 amide bonds. The van der Waals surface area contributed by atoms with E-state index in [9.17, 15) is 5.11 Å². The molecule has 0 spiro atoms. The van der Waals surface area contributed by atoms with Crippen molar-refractivity contribution < 1.29 is 27.1 Å². The highest BCUT2D eigenvalue weighted by atomic mass is 79.9. The van der Waals surface area contributed by atoms with E-state index in [0.29, 0.717) is 0 Å². The molecule has 1 aromatic rings. The van der Waals surface area contributed by atoms with E-state index in [1.807, 2.05) is 24.5 Å². The zero-order valence-corrected chi connectivity index (χ0v) is 10.2.